The summed E-state index contributed by atoms with van der Waals surface area (Å²) in [5.41, 5.74) is -1.20. The zero-order chi connectivity index (χ0) is 19.5. The first-order chi connectivity index (χ1) is 12.1. The minimum atomic E-state index is -0.956. The Hall–Kier alpha value is -1.67. The fraction of sp³-hybridized carbons (Fsp3) is 0.611. The molecule has 0 N–H and O–H groups in total. The van der Waals surface area contributed by atoms with Gasteiger partial charge in [-0.05, 0) is 47.1 Å². The largest absolute Gasteiger partial charge is 0.498 e. The van der Waals surface area contributed by atoms with Gasteiger partial charge in [-0.2, -0.15) is 0 Å². The Morgan fingerprint density at radius 1 is 1.15 bits per heavy atom. The van der Waals surface area contributed by atoms with Crippen LogP contribution in [0.1, 0.15) is 47.5 Å². The number of carbonyl (C=O) groups is 1. The monoisotopic (exact) mass is 370 g/mol. The zero-order valence-electron chi connectivity index (χ0n) is 15.9. The smallest absolute Gasteiger partial charge is 0.488 e. The van der Waals surface area contributed by atoms with Crippen molar-refractivity contribution < 1.29 is 32.4 Å². The average molecular weight is 370 g/mol. The highest BCUT2D eigenvalue weighted by molar-refractivity contribution is 6.62. The summed E-state index contributed by atoms with van der Waals surface area (Å²) in [7, 11) is -0.956. The van der Waals surface area contributed by atoms with Crippen LogP contribution in [0, 0.1) is 11.6 Å². The Kier molecular flexibility index (Phi) is 6.29. The van der Waals surface area contributed by atoms with Crippen LogP contribution in [0.5, 0.6) is 5.75 Å². The lowest BCUT2D eigenvalue weighted by Gasteiger charge is -2.32. The van der Waals surface area contributed by atoms with E-state index in [9.17, 15) is 13.6 Å². The van der Waals surface area contributed by atoms with E-state index < -0.39 is 35.7 Å². The molecule has 0 aromatic heterocycles. The van der Waals surface area contributed by atoms with Crippen LogP contribution in [0.15, 0.2) is 12.1 Å². The van der Waals surface area contributed by atoms with E-state index in [0.29, 0.717) is 13.0 Å². The van der Waals surface area contributed by atoms with E-state index >= 15 is 0 Å². The fourth-order valence-electron chi connectivity index (χ4n) is 2.46. The van der Waals surface area contributed by atoms with Crippen molar-refractivity contribution in [3.05, 3.63) is 23.8 Å². The number of benzene rings is 1. The molecule has 2 rings (SSSR count). The zero-order valence-corrected chi connectivity index (χ0v) is 15.9. The first-order valence-electron chi connectivity index (χ1n) is 8.71. The van der Waals surface area contributed by atoms with Crippen LogP contribution in [0.25, 0.3) is 0 Å². The third-order valence-electron chi connectivity index (χ3n) is 4.66. The van der Waals surface area contributed by atoms with E-state index in [1.54, 1.807) is 6.92 Å². The first kappa shape index (κ1) is 20.6. The van der Waals surface area contributed by atoms with Gasteiger partial charge in [0.05, 0.1) is 24.4 Å². The Morgan fingerprint density at radius 2 is 1.77 bits per heavy atom. The molecule has 1 aliphatic heterocycles. The average Bonchev–Trinajstić information content (AvgIpc) is 2.74. The predicted molar refractivity (Wildman–Crippen MR) is 93.4 cm³/mol. The van der Waals surface area contributed by atoms with Gasteiger partial charge >= 0.3 is 13.1 Å². The van der Waals surface area contributed by atoms with Gasteiger partial charge in [0.15, 0.2) is 17.4 Å². The van der Waals surface area contributed by atoms with E-state index in [0.717, 1.165) is 6.07 Å². The van der Waals surface area contributed by atoms with Crippen LogP contribution in [0.4, 0.5) is 8.78 Å². The molecular weight excluding hydrogens is 345 g/mol. The molecule has 8 heteroatoms. The van der Waals surface area contributed by atoms with Crippen molar-refractivity contribution in [2.75, 3.05) is 13.2 Å². The number of halogens is 2. The topological polar surface area (TPSA) is 54.0 Å². The fourth-order valence-corrected chi connectivity index (χ4v) is 2.46. The summed E-state index contributed by atoms with van der Waals surface area (Å²) < 4.78 is 50.4. The van der Waals surface area contributed by atoms with E-state index in [2.05, 4.69) is 0 Å². The van der Waals surface area contributed by atoms with Gasteiger partial charge in [-0.25, -0.2) is 8.78 Å². The van der Waals surface area contributed by atoms with Crippen molar-refractivity contribution >= 4 is 18.6 Å². The van der Waals surface area contributed by atoms with Crippen LogP contribution >= 0.6 is 0 Å². The standard InChI is InChI=1S/C18H25BF2O5/c1-6-23-14(22)8-7-11-24-16-13(20)10-9-12(15(16)21)19-25-17(2,3)18(4,5)26-19/h9-10H,6-8,11H2,1-5H3. The van der Waals surface area contributed by atoms with Gasteiger partial charge in [0.25, 0.3) is 0 Å². The summed E-state index contributed by atoms with van der Waals surface area (Å²) in [6.07, 6.45) is 0.409. The minimum absolute atomic E-state index is 0.0144. The second kappa shape index (κ2) is 7.92. The Balaban J connectivity index is 2.08. The van der Waals surface area contributed by atoms with Crippen molar-refractivity contribution in [3.63, 3.8) is 0 Å². The van der Waals surface area contributed by atoms with Crippen molar-refractivity contribution in [2.45, 2.75) is 58.7 Å². The maximum absolute atomic E-state index is 14.8. The van der Waals surface area contributed by atoms with Gasteiger partial charge in [-0.1, -0.05) is 6.07 Å². The highest BCUT2D eigenvalue weighted by atomic mass is 19.1. The molecule has 26 heavy (non-hydrogen) atoms. The molecule has 0 atom stereocenters. The van der Waals surface area contributed by atoms with Crippen molar-refractivity contribution in [1.82, 2.24) is 0 Å². The molecule has 1 aliphatic rings. The SMILES string of the molecule is CCOC(=O)CCCOc1c(F)ccc(B2OC(C)(C)C(C)(C)O2)c1F. The van der Waals surface area contributed by atoms with Crippen molar-refractivity contribution in [3.8, 4) is 5.75 Å². The molecule has 0 unspecified atom stereocenters. The van der Waals surface area contributed by atoms with Gasteiger partial charge in [0, 0.05) is 11.9 Å². The molecule has 5 nitrogen and oxygen atoms in total. The summed E-state index contributed by atoms with van der Waals surface area (Å²) in [5, 5.41) is 0. The maximum Gasteiger partial charge on any atom is 0.498 e. The van der Waals surface area contributed by atoms with Gasteiger partial charge in [-0.15, -0.1) is 0 Å². The molecular formula is C18H25BF2O5. The van der Waals surface area contributed by atoms with Crippen LogP contribution in [-0.2, 0) is 18.8 Å². The molecule has 1 aromatic rings. The number of carbonyl (C=O) groups excluding carboxylic acids is 1. The minimum Gasteiger partial charge on any atom is -0.488 e. The predicted octanol–water partition coefficient (Wildman–Crippen LogP) is 2.99. The molecule has 144 valence electrons. The highest BCUT2D eigenvalue weighted by Gasteiger charge is 2.52. The molecule has 0 radical (unpaired) electrons. The lowest BCUT2D eigenvalue weighted by molar-refractivity contribution is -0.143. The van der Waals surface area contributed by atoms with Gasteiger partial charge in [-0.3, -0.25) is 4.79 Å². The van der Waals surface area contributed by atoms with E-state index in [-0.39, 0.29) is 24.5 Å². The molecule has 0 bridgehead atoms. The lowest BCUT2D eigenvalue weighted by Crippen LogP contribution is -2.41. The molecule has 1 heterocycles. The summed E-state index contributed by atoms with van der Waals surface area (Å²) >= 11 is 0. The first-order valence-corrected chi connectivity index (χ1v) is 8.71. The van der Waals surface area contributed by atoms with E-state index in [1.807, 2.05) is 27.7 Å². The molecule has 0 spiro atoms. The third kappa shape index (κ3) is 4.35. The molecule has 0 amide bonds. The van der Waals surface area contributed by atoms with Crippen molar-refractivity contribution in [1.29, 1.82) is 0 Å². The number of rotatable bonds is 7. The summed E-state index contributed by atoms with van der Waals surface area (Å²) in [6.45, 7) is 9.38. The molecule has 1 aromatic carbocycles. The summed E-state index contributed by atoms with van der Waals surface area (Å²) in [5.74, 6) is -2.55. The Morgan fingerprint density at radius 3 is 2.35 bits per heavy atom. The second-order valence-electron chi connectivity index (χ2n) is 7.13. The summed E-state index contributed by atoms with van der Waals surface area (Å²) in [4.78, 5) is 11.3. The van der Waals surface area contributed by atoms with Crippen LogP contribution in [0.2, 0.25) is 0 Å². The molecule has 0 aliphatic carbocycles. The van der Waals surface area contributed by atoms with E-state index in [4.69, 9.17) is 18.8 Å². The molecule has 1 saturated heterocycles. The number of esters is 1. The molecule has 1 fully saturated rings. The van der Waals surface area contributed by atoms with E-state index in [1.165, 1.54) is 6.07 Å². The maximum atomic E-state index is 14.8. The second-order valence-corrected chi connectivity index (χ2v) is 7.13. The van der Waals surface area contributed by atoms with Gasteiger partial charge < -0.3 is 18.8 Å². The van der Waals surface area contributed by atoms with Gasteiger partial charge in [0.2, 0.25) is 0 Å². The lowest BCUT2D eigenvalue weighted by atomic mass is 9.78. The Bertz CT molecular complexity index is 647. The van der Waals surface area contributed by atoms with Crippen LogP contribution in [0.3, 0.4) is 0 Å². The number of ether oxygens (including phenoxy) is 2. The summed E-state index contributed by atoms with van der Waals surface area (Å²) in [6, 6.07) is 2.41. The third-order valence-corrected chi connectivity index (χ3v) is 4.66. The van der Waals surface area contributed by atoms with Gasteiger partial charge in [0.1, 0.15) is 0 Å². The number of hydrogen-bond donors (Lipinski definition) is 0. The van der Waals surface area contributed by atoms with Crippen molar-refractivity contribution in [2.24, 2.45) is 0 Å². The van der Waals surface area contributed by atoms with Crippen LogP contribution < -0.4 is 10.2 Å². The number of hydrogen-bond acceptors (Lipinski definition) is 5. The molecule has 0 saturated carbocycles. The highest BCUT2D eigenvalue weighted by Crippen LogP contribution is 2.37. The quantitative estimate of drug-likeness (QED) is 0.420. The Labute approximate surface area is 153 Å². The van der Waals surface area contributed by atoms with Crippen LogP contribution in [-0.4, -0.2) is 37.5 Å². The normalized spacial score (nSPS) is 18.0.